The molecule has 1 aromatic carbocycles. The first-order chi connectivity index (χ1) is 9.38. The van der Waals surface area contributed by atoms with Gasteiger partial charge in [0.2, 0.25) is 11.8 Å². The molecule has 0 aliphatic carbocycles. The van der Waals surface area contributed by atoms with Crippen LogP contribution in [0.15, 0.2) is 28.7 Å². The Morgan fingerprint density at radius 1 is 1.20 bits per heavy atom. The molecule has 2 amide bonds. The lowest BCUT2D eigenvalue weighted by molar-refractivity contribution is -0.123. The normalized spacial score (nSPS) is 10.7. The van der Waals surface area contributed by atoms with Gasteiger partial charge in [0.05, 0.1) is 18.8 Å². The van der Waals surface area contributed by atoms with Crippen LogP contribution in [0.3, 0.4) is 0 Å². The van der Waals surface area contributed by atoms with Crippen molar-refractivity contribution in [3.05, 3.63) is 28.7 Å². The number of benzene rings is 1. The molecular formula is C14H20BrN3O2. The number of nitrogens with one attached hydrogen (secondary N) is 2. The van der Waals surface area contributed by atoms with Gasteiger partial charge in [0.25, 0.3) is 0 Å². The highest BCUT2D eigenvalue weighted by atomic mass is 79.9. The van der Waals surface area contributed by atoms with E-state index in [0.29, 0.717) is 0 Å². The van der Waals surface area contributed by atoms with E-state index in [1.165, 1.54) is 0 Å². The van der Waals surface area contributed by atoms with Crippen LogP contribution >= 0.6 is 15.9 Å². The third-order valence-electron chi connectivity index (χ3n) is 2.42. The molecule has 1 aromatic rings. The monoisotopic (exact) mass is 341 g/mol. The lowest BCUT2D eigenvalue weighted by atomic mass is 10.3. The molecule has 5 nitrogen and oxygen atoms in total. The first kappa shape index (κ1) is 16.7. The molecule has 6 heteroatoms. The molecule has 1 rings (SSSR count). The molecule has 2 N–H and O–H groups in total. The summed E-state index contributed by atoms with van der Waals surface area (Å²) in [5.74, 6) is -0.243. The van der Waals surface area contributed by atoms with Crippen LogP contribution in [0.4, 0.5) is 5.69 Å². The Hall–Kier alpha value is -1.40. The third-order valence-corrected chi connectivity index (χ3v) is 3.12. The molecule has 0 saturated heterocycles. The molecule has 0 aromatic heterocycles. The Kier molecular flexibility index (Phi) is 6.67. The molecule has 0 radical (unpaired) electrons. The number of hydrogen-bond donors (Lipinski definition) is 2. The van der Waals surface area contributed by atoms with E-state index in [1.54, 1.807) is 11.9 Å². The lowest BCUT2D eigenvalue weighted by Crippen LogP contribution is -2.41. The van der Waals surface area contributed by atoms with Crippen molar-refractivity contribution in [2.24, 2.45) is 0 Å². The van der Waals surface area contributed by atoms with E-state index in [0.717, 1.165) is 10.2 Å². The van der Waals surface area contributed by atoms with Gasteiger partial charge in [-0.25, -0.2) is 0 Å². The van der Waals surface area contributed by atoms with Crippen molar-refractivity contribution < 1.29 is 9.59 Å². The van der Waals surface area contributed by atoms with Crippen LogP contribution in [0.25, 0.3) is 0 Å². The Balaban J connectivity index is 2.42. The fourth-order valence-electron chi connectivity index (χ4n) is 1.67. The van der Waals surface area contributed by atoms with Gasteiger partial charge in [-0.2, -0.15) is 0 Å². The van der Waals surface area contributed by atoms with Crippen LogP contribution in [0.1, 0.15) is 13.8 Å². The van der Waals surface area contributed by atoms with Gasteiger partial charge < -0.3 is 10.6 Å². The van der Waals surface area contributed by atoms with Crippen molar-refractivity contribution in [1.82, 2.24) is 10.2 Å². The molecule has 0 saturated carbocycles. The van der Waals surface area contributed by atoms with E-state index in [4.69, 9.17) is 0 Å². The predicted octanol–water partition coefficient (Wildman–Crippen LogP) is 1.84. The van der Waals surface area contributed by atoms with Gasteiger partial charge in [-0.05, 0) is 49.0 Å². The number of carbonyl (C=O) groups excluding carboxylic acids is 2. The molecule has 20 heavy (non-hydrogen) atoms. The van der Waals surface area contributed by atoms with Crippen LogP contribution in [-0.2, 0) is 9.59 Å². The number of nitrogens with zero attached hydrogens (tertiary/aromatic N) is 1. The molecule has 0 heterocycles. The van der Waals surface area contributed by atoms with Gasteiger partial charge in [0, 0.05) is 10.5 Å². The van der Waals surface area contributed by atoms with E-state index >= 15 is 0 Å². The number of halogens is 1. The number of hydrogen-bond acceptors (Lipinski definition) is 3. The summed E-state index contributed by atoms with van der Waals surface area (Å²) in [6.45, 7) is 4.16. The maximum atomic E-state index is 11.9. The largest absolute Gasteiger partial charge is 0.353 e. The van der Waals surface area contributed by atoms with Gasteiger partial charge in [0.15, 0.2) is 0 Å². The summed E-state index contributed by atoms with van der Waals surface area (Å²) in [6, 6.07) is 7.50. The minimum atomic E-state index is -0.156. The van der Waals surface area contributed by atoms with E-state index in [9.17, 15) is 9.59 Å². The summed E-state index contributed by atoms with van der Waals surface area (Å²) in [5.41, 5.74) is 0.720. The maximum Gasteiger partial charge on any atom is 0.238 e. The number of rotatable bonds is 6. The second-order valence-corrected chi connectivity index (χ2v) is 5.78. The number of para-hydroxylation sites is 1. The summed E-state index contributed by atoms with van der Waals surface area (Å²) in [5, 5.41) is 5.58. The summed E-state index contributed by atoms with van der Waals surface area (Å²) in [4.78, 5) is 25.1. The van der Waals surface area contributed by atoms with E-state index in [1.807, 2.05) is 38.1 Å². The average Bonchev–Trinajstić information content (AvgIpc) is 2.30. The van der Waals surface area contributed by atoms with Crippen molar-refractivity contribution in [2.75, 3.05) is 25.5 Å². The highest BCUT2D eigenvalue weighted by Crippen LogP contribution is 2.20. The van der Waals surface area contributed by atoms with Crippen LogP contribution < -0.4 is 10.6 Å². The zero-order chi connectivity index (χ0) is 15.1. The van der Waals surface area contributed by atoms with Crippen molar-refractivity contribution >= 4 is 33.4 Å². The Bertz CT molecular complexity index is 477. The number of carbonyl (C=O) groups is 2. The van der Waals surface area contributed by atoms with Gasteiger partial charge in [-0.3, -0.25) is 14.5 Å². The van der Waals surface area contributed by atoms with Gasteiger partial charge in [-0.15, -0.1) is 0 Å². The molecule has 110 valence electrons. The lowest BCUT2D eigenvalue weighted by Gasteiger charge is -2.17. The smallest absolute Gasteiger partial charge is 0.238 e. The molecule has 0 bridgehead atoms. The van der Waals surface area contributed by atoms with Gasteiger partial charge >= 0.3 is 0 Å². The van der Waals surface area contributed by atoms with Crippen LogP contribution in [0, 0.1) is 0 Å². The van der Waals surface area contributed by atoms with Gasteiger partial charge in [0.1, 0.15) is 0 Å². The Labute approximate surface area is 127 Å². The van der Waals surface area contributed by atoms with E-state index in [-0.39, 0.29) is 30.9 Å². The molecular weight excluding hydrogens is 322 g/mol. The number of likely N-dealkylation sites (N-methyl/N-ethyl adjacent to an activating group) is 1. The summed E-state index contributed by atoms with van der Waals surface area (Å²) in [6.07, 6.45) is 0. The minimum absolute atomic E-state index is 0.0869. The Morgan fingerprint density at radius 3 is 2.40 bits per heavy atom. The second-order valence-electron chi connectivity index (χ2n) is 4.92. The fraction of sp³-hybridized carbons (Fsp3) is 0.429. The standard InChI is InChI=1S/C14H20BrN3O2/c1-10(2)16-13(19)8-18(3)9-14(20)17-12-7-5-4-6-11(12)15/h4-7,10H,8-9H2,1-3H3,(H,16,19)(H,17,20). The van der Waals surface area contributed by atoms with Crippen LogP contribution in [-0.4, -0.2) is 42.9 Å². The number of anilines is 1. The molecule has 0 aliphatic heterocycles. The minimum Gasteiger partial charge on any atom is -0.353 e. The summed E-state index contributed by atoms with van der Waals surface area (Å²) in [7, 11) is 1.74. The SMILES string of the molecule is CC(C)NC(=O)CN(C)CC(=O)Nc1ccccc1Br. The Morgan fingerprint density at radius 2 is 1.80 bits per heavy atom. The molecule has 0 spiro atoms. The second kappa shape index (κ2) is 8.01. The highest BCUT2D eigenvalue weighted by Gasteiger charge is 2.12. The van der Waals surface area contributed by atoms with Crippen LogP contribution in [0.2, 0.25) is 0 Å². The summed E-state index contributed by atoms with van der Waals surface area (Å²) < 4.78 is 0.827. The zero-order valence-corrected chi connectivity index (χ0v) is 13.5. The molecule has 0 fully saturated rings. The molecule has 0 atom stereocenters. The quantitative estimate of drug-likeness (QED) is 0.829. The van der Waals surface area contributed by atoms with Crippen molar-refractivity contribution in [3.63, 3.8) is 0 Å². The van der Waals surface area contributed by atoms with Crippen molar-refractivity contribution in [1.29, 1.82) is 0 Å². The molecule has 0 aliphatic rings. The molecule has 0 unspecified atom stereocenters. The van der Waals surface area contributed by atoms with Crippen LogP contribution in [0.5, 0.6) is 0 Å². The first-order valence-corrected chi connectivity index (χ1v) is 7.20. The highest BCUT2D eigenvalue weighted by molar-refractivity contribution is 9.10. The third kappa shape index (κ3) is 6.16. The zero-order valence-electron chi connectivity index (χ0n) is 11.9. The van der Waals surface area contributed by atoms with E-state index in [2.05, 4.69) is 26.6 Å². The van der Waals surface area contributed by atoms with Crippen molar-refractivity contribution in [2.45, 2.75) is 19.9 Å². The first-order valence-electron chi connectivity index (χ1n) is 6.40. The van der Waals surface area contributed by atoms with Gasteiger partial charge in [-0.1, -0.05) is 12.1 Å². The maximum absolute atomic E-state index is 11.9. The van der Waals surface area contributed by atoms with E-state index < -0.39 is 0 Å². The average molecular weight is 342 g/mol. The predicted molar refractivity (Wildman–Crippen MR) is 83.5 cm³/mol. The van der Waals surface area contributed by atoms with Crippen molar-refractivity contribution in [3.8, 4) is 0 Å². The summed E-state index contributed by atoms with van der Waals surface area (Å²) >= 11 is 3.37. The topological polar surface area (TPSA) is 61.4 Å². The fourth-order valence-corrected chi connectivity index (χ4v) is 2.05. The number of amides is 2.